The summed E-state index contributed by atoms with van der Waals surface area (Å²) in [4.78, 5) is 11.6. The van der Waals surface area contributed by atoms with Crippen LogP contribution < -0.4 is 5.32 Å². The second-order valence-electron chi connectivity index (χ2n) is 4.12. The van der Waals surface area contributed by atoms with Gasteiger partial charge in [0.05, 0.1) is 12.4 Å². The highest BCUT2D eigenvalue weighted by Crippen LogP contribution is 2.16. The molecule has 98 valence electrons. The van der Waals surface area contributed by atoms with Crippen LogP contribution >= 0.6 is 0 Å². The smallest absolute Gasteiger partial charge is 0.222 e. The van der Waals surface area contributed by atoms with Crippen molar-refractivity contribution in [2.24, 2.45) is 0 Å². The van der Waals surface area contributed by atoms with Crippen molar-refractivity contribution in [3.05, 3.63) is 66.3 Å². The Morgan fingerprint density at radius 1 is 1.37 bits per heavy atom. The fourth-order valence-electron chi connectivity index (χ4n) is 1.60. The Bertz CT molecular complexity index is 571. The third-order valence-corrected chi connectivity index (χ3v) is 2.62. The number of carbonyl (C=O) groups is 1. The van der Waals surface area contributed by atoms with Gasteiger partial charge in [0.1, 0.15) is 0 Å². The Morgan fingerprint density at radius 2 is 2.21 bits per heavy atom. The molecule has 0 unspecified atom stereocenters. The molecule has 0 aliphatic rings. The Morgan fingerprint density at radius 3 is 2.89 bits per heavy atom. The first-order chi connectivity index (χ1) is 9.16. The standard InChI is InChI=1S/C15H15NO3/c1-11(17)12-4-2-5-13(10-12)16-8-7-14(18)15-6-3-9-19-15/h2-11,16-17H,1H3/b8-7+/t11-/m0/s1. The van der Waals surface area contributed by atoms with E-state index < -0.39 is 6.10 Å². The normalized spacial score (nSPS) is 12.5. The predicted molar refractivity (Wildman–Crippen MR) is 72.9 cm³/mol. The maximum Gasteiger partial charge on any atom is 0.222 e. The molecule has 0 aliphatic carbocycles. The topological polar surface area (TPSA) is 62.5 Å². The van der Waals surface area contributed by atoms with Crippen molar-refractivity contribution in [3.63, 3.8) is 0 Å². The van der Waals surface area contributed by atoms with Gasteiger partial charge in [0.15, 0.2) is 5.76 Å². The lowest BCUT2D eigenvalue weighted by Crippen LogP contribution is -1.96. The van der Waals surface area contributed by atoms with Gasteiger partial charge in [-0.1, -0.05) is 12.1 Å². The third kappa shape index (κ3) is 3.56. The lowest BCUT2D eigenvalue weighted by atomic mass is 10.1. The van der Waals surface area contributed by atoms with Crippen LogP contribution in [0.2, 0.25) is 0 Å². The number of hydrogen-bond donors (Lipinski definition) is 2. The molecule has 4 heteroatoms. The molecule has 0 fully saturated rings. The van der Waals surface area contributed by atoms with Crippen LogP contribution in [-0.4, -0.2) is 10.9 Å². The summed E-state index contributed by atoms with van der Waals surface area (Å²) in [5, 5.41) is 12.5. The minimum Gasteiger partial charge on any atom is -0.461 e. The van der Waals surface area contributed by atoms with E-state index in [9.17, 15) is 9.90 Å². The number of anilines is 1. The second-order valence-corrected chi connectivity index (χ2v) is 4.12. The first-order valence-electron chi connectivity index (χ1n) is 5.96. The van der Waals surface area contributed by atoms with Crippen molar-refractivity contribution in [3.8, 4) is 0 Å². The number of allylic oxidation sites excluding steroid dienone is 1. The minimum absolute atomic E-state index is 0.204. The van der Waals surface area contributed by atoms with E-state index in [1.807, 2.05) is 24.3 Å². The molecule has 0 bridgehead atoms. The molecular weight excluding hydrogens is 242 g/mol. The van der Waals surface area contributed by atoms with Gasteiger partial charge in [0.2, 0.25) is 5.78 Å². The molecule has 0 saturated heterocycles. The summed E-state index contributed by atoms with van der Waals surface area (Å²) in [7, 11) is 0. The molecule has 2 aromatic rings. The van der Waals surface area contributed by atoms with Gasteiger partial charge in [0, 0.05) is 18.0 Å². The van der Waals surface area contributed by atoms with E-state index in [1.165, 1.54) is 12.3 Å². The maximum atomic E-state index is 11.6. The summed E-state index contributed by atoms with van der Waals surface area (Å²) in [6.45, 7) is 1.70. The van der Waals surface area contributed by atoms with Gasteiger partial charge in [-0.25, -0.2) is 0 Å². The first kappa shape index (κ1) is 13.1. The van der Waals surface area contributed by atoms with Crippen molar-refractivity contribution in [1.29, 1.82) is 0 Å². The fraction of sp³-hybridized carbons (Fsp3) is 0.133. The maximum absolute atomic E-state index is 11.6. The molecule has 0 saturated carbocycles. The molecule has 19 heavy (non-hydrogen) atoms. The number of aliphatic hydroxyl groups is 1. The molecular formula is C15H15NO3. The lowest BCUT2D eigenvalue weighted by Gasteiger charge is -2.06. The van der Waals surface area contributed by atoms with Crippen LogP contribution in [0.15, 0.2) is 59.4 Å². The van der Waals surface area contributed by atoms with Gasteiger partial charge >= 0.3 is 0 Å². The molecule has 1 aromatic carbocycles. The zero-order valence-corrected chi connectivity index (χ0v) is 10.5. The highest BCUT2D eigenvalue weighted by molar-refractivity contribution is 6.02. The van der Waals surface area contributed by atoms with E-state index in [-0.39, 0.29) is 5.78 Å². The van der Waals surface area contributed by atoms with Crippen molar-refractivity contribution < 1.29 is 14.3 Å². The molecule has 4 nitrogen and oxygen atoms in total. The number of hydrogen-bond acceptors (Lipinski definition) is 4. The Labute approximate surface area is 111 Å². The monoisotopic (exact) mass is 257 g/mol. The molecule has 2 N–H and O–H groups in total. The number of nitrogens with one attached hydrogen (secondary N) is 1. The SMILES string of the molecule is C[C@H](O)c1cccc(N/C=C/C(=O)c2ccco2)c1. The van der Waals surface area contributed by atoms with Crippen LogP contribution in [0, 0.1) is 0 Å². The van der Waals surface area contributed by atoms with E-state index in [0.29, 0.717) is 5.76 Å². The third-order valence-electron chi connectivity index (χ3n) is 2.62. The van der Waals surface area contributed by atoms with E-state index in [0.717, 1.165) is 11.3 Å². The van der Waals surface area contributed by atoms with Crippen LogP contribution in [0.4, 0.5) is 5.69 Å². The molecule has 1 heterocycles. The zero-order chi connectivity index (χ0) is 13.7. The zero-order valence-electron chi connectivity index (χ0n) is 10.5. The van der Waals surface area contributed by atoms with E-state index in [1.54, 1.807) is 25.3 Å². The summed E-state index contributed by atoms with van der Waals surface area (Å²) in [6, 6.07) is 10.6. The molecule has 1 aromatic heterocycles. The molecule has 1 atom stereocenters. The van der Waals surface area contributed by atoms with Crippen molar-refractivity contribution in [2.75, 3.05) is 5.32 Å². The molecule has 2 rings (SSSR count). The number of benzene rings is 1. The summed E-state index contributed by atoms with van der Waals surface area (Å²) in [5.74, 6) is 0.0972. The Balaban J connectivity index is 1.99. The van der Waals surface area contributed by atoms with E-state index in [2.05, 4.69) is 5.32 Å². The number of ketones is 1. The van der Waals surface area contributed by atoms with Crippen LogP contribution in [0.5, 0.6) is 0 Å². The van der Waals surface area contributed by atoms with Crippen molar-refractivity contribution in [2.45, 2.75) is 13.0 Å². The molecule has 0 aliphatic heterocycles. The van der Waals surface area contributed by atoms with Gasteiger partial charge in [0.25, 0.3) is 0 Å². The average molecular weight is 257 g/mol. The van der Waals surface area contributed by atoms with Gasteiger partial charge in [-0.15, -0.1) is 0 Å². The van der Waals surface area contributed by atoms with Gasteiger partial charge < -0.3 is 14.8 Å². The molecule has 0 amide bonds. The predicted octanol–water partition coefficient (Wildman–Crippen LogP) is 3.14. The van der Waals surface area contributed by atoms with Crippen LogP contribution in [-0.2, 0) is 0 Å². The van der Waals surface area contributed by atoms with Crippen LogP contribution in [0.3, 0.4) is 0 Å². The first-order valence-corrected chi connectivity index (χ1v) is 5.96. The summed E-state index contributed by atoms with van der Waals surface area (Å²) >= 11 is 0. The summed E-state index contributed by atoms with van der Waals surface area (Å²) in [5.41, 5.74) is 1.62. The molecule has 0 radical (unpaired) electrons. The second kappa shape index (κ2) is 6.02. The highest BCUT2D eigenvalue weighted by atomic mass is 16.3. The lowest BCUT2D eigenvalue weighted by molar-refractivity contribution is 0.102. The summed E-state index contributed by atoms with van der Waals surface area (Å²) < 4.78 is 4.99. The Kier molecular flexibility index (Phi) is 4.15. The Hall–Kier alpha value is -2.33. The number of carbonyl (C=O) groups excluding carboxylic acids is 1. The number of rotatable bonds is 5. The quantitative estimate of drug-likeness (QED) is 0.638. The van der Waals surface area contributed by atoms with E-state index >= 15 is 0 Å². The van der Waals surface area contributed by atoms with Crippen molar-refractivity contribution in [1.82, 2.24) is 0 Å². The highest BCUT2D eigenvalue weighted by Gasteiger charge is 2.03. The van der Waals surface area contributed by atoms with E-state index in [4.69, 9.17) is 4.42 Å². The molecule has 0 spiro atoms. The number of furan rings is 1. The fourth-order valence-corrected chi connectivity index (χ4v) is 1.60. The number of aliphatic hydroxyl groups excluding tert-OH is 1. The van der Waals surface area contributed by atoms with Crippen molar-refractivity contribution >= 4 is 11.5 Å². The van der Waals surface area contributed by atoms with Gasteiger partial charge in [-0.2, -0.15) is 0 Å². The van der Waals surface area contributed by atoms with Crippen LogP contribution in [0.25, 0.3) is 0 Å². The van der Waals surface area contributed by atoms with Crippen LogP contribution in [0.1, 0.15) is 29.1 Å². The average Bonchev–Trinajstić information content (AvgIpc) is 2.93. The summed E-state index contributed by atoms with van der Waals surface area (Å²) in [6.07, 6.45) is 3.89. The largest absolute Gasteiger partial charge is 0.461 e. The van der Waals surface area contributed by atoms with Gasteiger partial charge in [-0.05, 0) is 36.8 Å². The minimum atomic E-state index is -0.518. The van der Waals surface area contributed by atoms with Gasteiger partial charge in [-0.3, -0.25) is 4.79 Å².